The largest absolute Gasteiger partial charge is 0.461 e. The minimum Gasteiger partial charge on any atom is -0.461 e. The van der Waals surface area contributed by atoms with Crippen LogP contribution in [0, 0.1) is 5.92 Å². The molecule has 0 aliphatic carbocycles. The maximum atomic E-state index is 12.0. The first-order valence-corrected chi connectivity index (χ1v) is 8.22. The molecule has 128 valence electrons. The molecule has 4 atom stereocenters. The third-order valence-corrected chi connectivity index (χ3v) is 4.37. The fourth-order valence-corrected chi connectivity index (χ4v) is 2.96. The molecule has 1 aromatic carbocycles. The first-order valence-electron chi connectivity index (χ1n) is 8.22. The summed E-state index contributed by atoms with van der Waals surface area (Å²) in [5, 5.41) is 0. The summed E-state index contributed by atoms with van der Waals surface area (Å²) < 4.78 is 16.9. The minimum atomic E-state index is -0.615. The van der Waals surface area contributed by atoms with E-state index in [1.807, 2.05) is 25.1 Å². The molecule has 5 heteroatoms. The number of ether oxygens (including phenoxy) is 3. The smallest absolute Gasteiger partial charge is 0.323 e. The molecule has 2 N–H and O–H groups in total. The number of cyclic esters (lactones) is 1. The second kappa shape index (κ2) is 9.01. The molecule has 23 heavy (non-hydrogen) atoms. The van der Waals surface area contributed by atoms with Gasteiger partial charge in [-0.2, -0.15) is 0 Å². The lowest BCUT2D eigenvalue weighted by atomic mass is 9.88. The zero-order valence-corrected chi connectivity index (χ0v) is 13.9. The molecule has 1 fully saturated rings. The Morgan fingerprint density at radius 3 is 2.74 bits per heavy atom. The summed E-state index contributed by atoms with van der Waals surface area (Å²) in [5.74, 6) is -0.270. The van der Waals surface area contributed by atoms with E-state index in [-0.39, 0.29) is 24.1 Å². The van der Waals surface area contributed by atoms with Gasteiger partial charge >= 0.3 is 5.97 Å². The summed E-state index contributed by atoms with van der Waals surface area (Å²) in [7, 11) is 1.68. The lowest BCUT2D eigenvalue weighted by molar-refractivity contribution is -0.153. The van der Waals surface area contributed by atoms with E-state index in [1.54, 1.807) is 7.11 Å². The Labute approximate surface area is 138 Å². The topological polar surface area (TPSA) is 70.8 Å². The molecule has 0 saturated carbocycles. The van der Waals surface area contributed by atoms with Gasteiger partial charge in [0.2, 0.25) is 0 Å². The van der Waals surface area contributed by atoms with Crippen molar-refractivity contribution in [2.75, 3.05) is 20.3 Å². The van der Waals surface area contributed by atoms with Crippen molar-refractivity contribution in [3.05, 3.63) is 35.9 Å². The zero-order valence-electron chi connectivity index (χ0n) is 13.9. The van der Waals surface area contributed by atoms with Gasteiger partial charge in [0.05, 0.1) is 6.10 Å². The molecule has 1 heterocycles. The van der Waals surface area contributed by atoms with Crippen molar-refractivity contribution >= 4 is 5.97 Å². The Morgan fingerprint density at radius 2 is 2.04 bits per heavy atom. The van der Waals surface area contributed by atoms with Crippen LogP contribution in [0.3, 0.4) is 0 Å². The van der Waals surface area contributed by atoms with E-state index in [2.05, 4.69) is 12.1 Å². The fraction of sp³-hybridized carbons (Fsp3) is 0.611. The van der Waals surface area contributed by atoms with Gasteiger partial charge in [0, 0.05) is 26.2 Å². The summed E-state index contributed by atoms with van der Waals surface area (Å²) in [6.45, 7) is 3.00. The summed E-state index contributed by atoms with van der Waals surface area (Å²) in [4.78, 5) is 12.0. The molecule has 1 aromatic rings. The summed E-state index contributed by atoms with van der Waals surface area (Å²) in [6, 6.07) is 9.58. The Balaban J connectivity index is 2.18. The second-order valence-corrected chi connectivity index (χ2v) is 6.08. The van der Waals surface area contributed by atoms with E-state index in [9.17, 15) is 4.79 Å². The van der Waals surface area contributed by atoms with Crippen molar-refractivity contribution in [2.45, 2.75) is 44.4 Å². The molecule has 0 bridgehead atoms. The normalized spacial score (nSPS) is 29.3. The van der Waals surface area contributed by atoms with E-state index < -0.39 is 6.04 Å². The molecule has 0 spiro atoms. The van der Waals surface area contributed by atoms with Crippen molar-refractivity contribution in [1.29, 1.82) is 0 Å². The predicted molar refractivity (Wildman–Crippen MR) is 88.0 cm³/mol. The maximum Gasteiger partial charge on any atom is 0.323 e. The van der Waals surface area contributed by atoms with Crippen molar-refractivity contribution < 1.29 is 19.0 Å². The highest BCUT2D eigenvalue weighted by molar-refractivity contribution is 5.75. The molecule has 1 saturated heterocycles. The maximum absolute atomic E-state index is 12.0. The lowest BCUT2D eigenvalue weighted by Crippen LogP contribution is -2.38. The van der Waals surface area contributed by atoms with Gasteiger partial charge in [-0.1, -0.05) is 30.3 Å². The van der Waals surface area contributed by atoms with Crippen molar-refractivity contribution in [3.8, 4) is 0 Å². The van der Waals surface area contributed by atoms with Crippen LogP contribution in [-0.4, -0.2) is 44.5 Å². The van der Waals surface area contributed by atoms with Gasteiger partial charge < -0.3 is 19.9 Å². The van der Waals surface area contributed by atoms with Crippen molar-refractivity contribution in [3.63, 3.8) is 0 Å². The van der Waals surface area contributed by atoms with Crippen LogP contribution >= 0.6 is 0 Å². The number of hydrogen-bond acceptors (Lipinski definition) is 5. The molecular weight excluding hydrogens is 294 g/mol. The third-order valence-electron chi connectivity index (χ3n) is 4.37. The van der Waals surface area contributed by atoms with Gasteiger partial charge in [0.15, 0.2) is 0 Å². The highest BCUT2D eigenvalue weighted by atomic mass is 16.6. The van der Waals surface area contributed by atoms with Crippen molar-refractivity contribution in [1.82, 2.24) is 0 Å². The van der Waals surface area contributed by atoms with E-state index >= 15 is 0 Å². The molecule has 2 rings (SSSR count). The Kier molecular flexibility index (Phi) is 7.02. The molecule has 0 radical (unpaired) electrons. The standard InChI is InChI=1S/C18H27NO4/c1-13-15(12-14-6-4-3-5-7-14)17(9-10-21-2)22-11-8-16(19)18(20)23-13/h3-7,13,15-17H,8-12,19H2,1-2H3/t13-,15-,16-,17+/m0/s1. The van der Waals surface area contributed by atoms with Gasteiger partial charge in [-0.3, -0.25) is 4.79 Å². The SMILES string of the molecule is COCC[C@H]1OCC[C@H](N)C(=O)O[C@@H](C)[C@@H]1Cc1ccccc1. The first-order chi connectivity index (χ1) is 11.1. The number of carbonyl (C=O) groups is 1. The van der Waals surface area contributed by atoms with Crippen LogP contribution in [0.15, 0.2) is 30.3 Å². The highest BCUT2D eigenvalue weighted by Crippen LogP contribution is 2.25. The van der Waals surface area contributed by atoms with Gasteiger partial charge in [-0.15, -0.1) is 0 Å². The average Bonchev–Trinajstić information content (AvgIpc) is 2.60. The number of hydrogen-bond donors (Lipinski definition) is 1. The molecule has 0 aromatic heterocycles. The quantitative estimate of drug-likeness (QED) is 0.839. The number of rotatable bonds is 5. The van der Waals surface area contributed by atoms with E-state index in [0.717, 1.165) is 12.8 Å². The first kappa shape index (κ1) is 17.9. The average molecular weight is 321 g/mol. The van der Waals surface area contributed by atoms with Crippen LogP contribution in [0.5, 0.6) is 0 Å². The van der Waals surface area contributed by atoms with E-state index in [1.165, 1.54) is 5.56 Å². The zero-order chi connectivity index (χ0) is 16.7. The lowest BCUT2D eigenvalue weighted by Gasteiger charge is -2.31. The molecule has 0 amide bonds. The van der Waals surface area contributed by atoms with Gasteiger partial charge in [0.25, 0.3) is 0 Å². The number of esters is 1. The molecule has 1 aliphatic rings. The number of nitrogens with two attached hydrogens (primary N) is 1. The predicted octanol–water partition coefficient (Wildman–Crippen LogP) is 1.93. The Hall–Kier alpha value is -1.43. The van der Waals surface area contributed by atoms with Crippen LogP contribution < -0.4 is 5.73 Å². The van der Waals surface area contributed by atoms with Crippen LogP contribution in [0.25, 0.3) is 0 Å². The summed E-state index contributed by atoms with van der Waals surface area (Å²) in [6.07, 6.45) is 1.76. The van der Waals surface area contributed by atoms with Crippen LogP contribution in [0.2, 0.25) is 0 Å². The molecule has 1 aliphatic heterocycles. The van der Waals surface area contributed by atoms with Gasteiger partial charge in [-0.05, 0) is 31.7 Å². The molecule has 5 nitrogen and oxygen atoms in total. The number of benzene rings is 1. The van der Waals surface area contributed by atoms with Crippen LogP contribution in [-0.2, 0) is 25.4 Å². The van der Waals surface area contributed by atoms with Crippen LogP contribution in [0.1, 0.15) is 25.3 Å². The highest BCUT2D eigenvalue weighted by Gasteiger charge is 2.33. The van der Waals surface area contributed by atoms with E-state index in [0.29, 0.717) is 19.6 Å². The molecule has 0 unspecified atom stereocenters. The summed E-state index contributed by atoms with van der Waals surface area (Å²) in [5.41, 5.74) is 7.05. The monoisotopic (exact) mass is 321 g/mol. The Bertz CT molecular complexity index is 479. The number of carbonyl (C=O) groups excluding carboxylic acids is 1. The van der Waals surface area contributed by atoms with Gasteiger partial charge in [-0.25, -0.2) is 0 Å². The Morgan fingerprint density at radius 1 is 1.30 bits per heavy atom. The number of methoxy groups -OCH3 is 1. The second-order valence-electron chi connectivity index (χ2n) is 6.08. The van der Waals surface area contributed by atoms with Crippen LogP contribution in [0.4, 0.5) is 0 Å². The van der Waals surface area contributed by atoms with Crippen molar-refractivity contribution in [2.24, 2.45) is 11.7 Å². The summed E-state index contributed by atoms with van der Waals surface area (Å²) >= 11 is 0. The van der Waals surface area contributed by atoms with Gasteiger partial charge in [0.1, 0.15) is 12.1 Å². The fourth-order valence-electron chi connectivity index (χ4n) is 2.96. The van der Waals surface area contributed by atoms with E-state index in [4.69, 9.17) is 19.9 Å². The molecular formula is C18H27NO4. The minimum absolute atomic E-state index is 0.0248. The third kappa shape index (κ3) is 5.30.